The number of nitrogens with zero attached hydrogens (tertiary/aromatic N) is 2. The number of ether oxygens (including phenoxy) is 1. The van der Waals surface area contributed by atoms with Crippen molar-refractivity contribution in [1.29, 1.82) is 0 Å². The summed E-state index contributed by atoms with van der Waals surface area (Å²) in [5.74, 6) is -0.0981. The lowest BCUT2D eigenvalue weighted by Gasteiger charge is -2.51. The number of anilines is 1. The zero-order valence-corrected chi connectivity index (χ0v) is 18.8. The lowest BCUT2D eigenvalue weighted by atomic mass is 9.82. The Morgan fingerprint density at radius 2 is 1.85 bits per heavy atom. The zero-order chi connectivity index (χ0) is 23.6. The van der Waals surface area contributed by atoms with Gasteiger partial charge in [0.25, 0.3) is 5.91 Å². The molecule has 8 heteroatoms. The standard InChI is InChI=1S/C26H27N3O5/c30-24(28-23-8-4-5-12-27-23)17-29-13-9-19(10-14-29)22(16-29)34-25(31)26(32,21-11-15-33-18-21)20-6-2-1-3-7-20/h1-8,11-12,15,18-19,22,32H,9-10,13-14,16-17H2/p+1/t19?,22-,26?,29?/m0/s1. The molecule has 6 rings (SSSR count). The second-order valence-electron chi connectivity index (χ2n) is 9.26. The van der Waals surface area contributed by atoms with Gasteiger partial charge in [-0.3, -0.25) is 4.79 Å². The molecule has 3 saturated heterocycles. The molecule has 34 heavy (non-hydrogen) atoms. The van der Waals surface area contributed by atoms with E-state index in [-0.39, 0.29) is 17.9 Å². The maximum atomic E-state index is 13.5. The second-order valence-corrected chi connectivity index (χ2v) is 9.26. The fourth-order valence-corrected chi connectivity index (χ4v) is 5.28. The van der Waals surface area contributed by atoms with E-state index in [0.29, 0.717) is 34.5 Å². The number of benzene rings is 1. The molecule has 2 atom stereocenters. The number of fused-ring (bicyclic) bond motifs is 3. The maximum absolute atomic E-state index is 13.5. The van der Waals surface area contributed by atoms with Crippen molar-refractivity contribution >= 4 is 17.7 Å². The minimum absolute atomic E-state index is 0.108. The first-order valence-corrected chi connectivity index (χ1v) is 11.6. The molecule has 0 radical (unpaired) electrons. The Hall–Kier alpha value is -3.49. The van der Waals surface area contributed by atoms with Crippen LogP contribution in [0.4, 0.5) is 5.82 Å². The highest BCUT2D eigenvalue weighted by atomic mass is 16.6. The van der Waals surface area contributed by atoms with Crippen LogP contribution in [0.15, 0.2) is 77.7 Å². The first kappa shape index (κ1) is 22.3. The molecule has 2 N–H and O–H groups in total. The van der Waals surface area contributed by atoms with Crippen LogP contribution in [0.2, 0.25) is 0 Å². The second kappa shape index (κ2) is 9.04. The van der Waals surface area contributed by atoms with Crippen molar-refractivity contribution in [2.45, 2.75) is 24.5 Å². The van der Waals surface area contributed by atoms with Gasteiger partial charge in [0, 0.05) is 30.5 Å². The highest BCUT2D eigenvalue weighted by Crippen LogP contribution is 2.38. The molecule has 2 bridgehead atoms. The molecule has 1 aromatic carbocycles. The molecule has 5 heterocycles. The van der Waals surface area contributed by atoms with Crippen molar-refractivity contribution in [3.63, 3.8) is 0 Å². The normalized spacial score (nSPS) is 25.3. The van der Waals surface area contributed by atoms with E-state index in [1.165, 1.54) is 12.5 Å². The number of hydrogen-bond donors (Lipinski definition) is 2. The Bertz CT molecular complexity index is 1130. The Morgan fingerprint density at radius 1 is 1.09 bits per heavy atom. The largest absolute Gasteiger partial charge is 0.472 e. The first-order chi connectivity index (χ1) is 16.5. The van der Waals surface area contributed by atoms with Gasteiger partial charge in [-0.05, 0) is 23.8 Å². The van der Waals surface area contributed by atoms with Crippen LogP contribution in [-0.2, 0) is 19.9 Å². The van der Waals surface area contributed by atoms with Gasteiger partial charge in [0.1, 0.15) is 12.4 Å². The van der Waals surface area contributed by atoms with Gasteiger partial charge < -0.3 is 24.1 Å². The summed E-state index contributed by atoms with van der Waals surface area (Å²) in [7, 11) is 0. The van der Waals surface area contributed by atoms with E-state index in [4.69, 9.17) is 9.15 Å². The van der Waals surface area contributed by atoms with Crippen LogP contribution in [0.25, 0.3) is 0 Å². The third-order valence-corrected chi connectivity index (χ3v) is 7.14. The summed E-state index contributed by atoms with van der Waals surface area (Å²) in [6, 6.07) is 15.7. The number of esters is 1. The molecule has 3 aliphatic heterocycles. The molecular formula is C26H28N3O5+. The smallest absolute Gasteiger partial charge is 0.348 e. The van der Waals surface area contributed by atoms with Crippen molar-refractivity contribution in [2.24, 2.45) is 5.92 Å². The Balaban J connectivity index is 1.32. The number of pyridine rings is 1. The van der Waals surface area contributed by atoms with E-state index in [9.17, 15) is 14.7 Å². The molecule has 0 spiro atoms. The van der Waals surface area contributed by atoms with E-state index in [1.807, 2.05) is 12.1 Å². The molecule has 1 amide bonds. The average molecular weight is 463 g/mol. The predicted octanol–water partition coefficient (Wildman–Crippen LogP) is 2.70. The molecule has 3 aliphatic rings. The summed E-state index contributed by atoms with van der Waals surface area (Å²) in [5, 5.41) is 14.4. The third kappa shape index (κ3) is 4.22. The third-order valence-electron chi connectivity index (χ3n) is 7.14. The minimum atomic E-state index is -1.97. The quantitative estimate of drug-likeness (QED) is 0.414. The molecule has 2 aromatic heterocycles. The predicted molar refractivity (Wildman–Crippen MR) is 123 cm³/mol. The Morgan fingerprint density at radius 3 is 2.53 bits per heavy atom. The summed E-state index contributed by atoms with van der Waals surface area (Å²) < 4.78 is 11.7. The summed E-state index contributed by atoms with van der Waals surface area (Å²) >= 11 is 0. The van der Waals surface area contributed by atoms with Crippen LogP contribution in [0.3, 0.4) is 0 Å². The SMILES string of the molecule is O=C(C[N+]12CCC(CC1)[C@@H](OC(=O)C(O)(c1ccccc1)c1ccoc1)C2)Nc1ccccn1. The lowest BCUT2D eigenvalue weighted by Crippen LogP contribution is -2.66. The number of carbonyl (C=O) groups is 2. The lowest BCUT2D eigenvalue weighted by molar-refractivity contribution is -0.939. The molecule has 1 unspecified atom stereocenters. The topological polar surface area (TPSA) is 102 Å². The number of nitrogens with one attached hydrogen (secondary N) is 1. The maximum Gasteiger partial charge on any atom is 0.348 e. The molecule has 0 saturated carbocycles. The molecular weight excluding hydrogens is 434 g/mol. The minimum Gasteiger partial charge on any atom is -0.472 e. The molecule has 176 valence electrons. The van der Waals surface area contributed by atoms with Crippen LogP contribution in [0, 0.1) is 5.92 Å². The van der Waals surface area contributed by atoms with Gasteiger partial charge in [-0.2, -0.15) is 0 Å². The number of aromatic nitrogens is 1. The number of quaternary nitrogens is 1. The fourth-order valence-electron chi connectivity index (χ4n) is 5.28. The average Bonchev–Trinajstić information content (AvgIpc) is 3.40. The number of rotatable bonds is 7. The van der Waals surface area contributed by atoms with Crippen molar-refractivity contribution < 1.29 is 28.3 Å². The van der Waals surface area contributed by atoms with Gasteiger partial charge in [-0.15, -0.1) is 0 Å². The number of aliphatic hydroxyl groups is 1. The highest BCUT2D eigenvalue weighted by Gasteiger charge is 2.51. The van der Waals surface area contributed by atoms with Gasteiger partial charge in [-0.1, -0.05) is 36.4 Å². The summed E-state index contributed by atoms with van der Waals surface area (Å²) in [4.78, 5) is 30.4. The van der Waals surface area contributed by atoms with Gasteiger partial charge >= 0.3 is 5.97 Å². The van der Waals surface area contributed by atoms with Gasteiger partial charge in [-0.25, -0.2) is 9.78 Å². The van der Waals surface area contributed by atoms with E-state index in [1.54, 1.807) is 48.7 Å². The van der Waals surface area contributed by atoms with Crippen LogP contribution < -0.4 is 5.32 Å². The van der Waals surface area contributed by atoms with E-state index in [0.717, 1.165) is 25.9 Å². The fraction of sp³-hybridized carbons (Fsp3) is 0.346. The number of furan rings is 1. The van der Waals surface area contributed by atoms with Crippen molar-refractivity contribution in [3.8, 4) is 0 Å². The number of piperidine rings is 3. The van der Waals surface area contributed by atoms with Crippen molar-refractivity contribution in [2.75, 3.05) is 31.5 Å². The summed E-state index contributed by atoms with van der Waals surface area (Å²) in [6.07, 6.45) is 5.78. The molecule has 8 nitrogen and oxygen atoms in total. The number of hydrogen-bond acceptors (Lipinski definition) is 6. The summed E-state index contributed by atoms with van der Waals surface area (Å²) in [6.45, 7) is 2.56. The Labute approximate surface area is 197 Å². The highest BCUT2D eigenvalue weighted by molar-refractivity contribution is 5.90. The number of amides is 1. The van der Waals surface area contributed by atoms with Gasteiger partial charge in [0.2, 0.25) is 5.60 Å². The Kier molecular flexibility index (Phi) is 5.93. The van der Waals surface area contributed by atoms with Crippen LogP contribution in [0.1, 0.15) is 24.0 Å². The van der Waals surface area contributed by atoms with E-state index >= 15 is 0 Å². The van der Waals surface area contributed by atoms with Crippen molar-refractivity contribution in [3.05, 3.63) is 84.4 Å². The van der Waals surface area contributed by atoms with Crippen LogP contribution in [-0.4, -0.2) is 58.7 Å². The van der Waals surface area contributed by atoms with Crippen LogP contribution >= 0.6 is 0 Å². The zero-order valence-electron chi connectivity index (χ0n) is 18.8. The van der Waals surface area contributed by atoms with Crippen LogP contribution in [0.5, 0.6) is 0 Å². The van der Waals surface area contributed by atoms with Gasteiger partial charge in [0.05, 0.1) is 25.6 Å². The van der Waals surface area contributed by atoms with Gasteiger partial charge in [0.15, 0.2) is 12.6 Å². The summed E-state index contributed by atoms with van der Waals surface area (Å²) in [5.41, 5.74) is -1.23. The monoisotopic (exact) mass is 462 g/mol. The van der Waals surface area contributed by atoms with E-state index < -0.39 is 11.6 Å². The first-order valence-electron chi connectivity index (χ1n) is 11.6. The molecule has 3 fully saturated rings. The number of carbonyl (C=O) groups excluding carboxylic acids is 2. The van der Waals surface area contributed by atoms with E-state index in [2.05, 4.69) is 10.3 Å². The molecule has 3 aromatic rings. The van der Waals surface area contributed by atoms with Crippen molar-refractivity contribution in [1.82, 2.24) is 4.98 Å². The molecule has 0 aliphatic carbocycles.